The summed E-state index contributed by atoms with van der Waals surface area (Å²) in [5, 5.41) is 36.6. The Labute approximate surface area is 211 Å². The van der Waals surface area contributed by atoms with Crippen LogP contribution in [0.25, 0.3) is 0 Å². The minimum atomic E-state index is -1.26. The van der Waals surface area contributed by atoms with Crippen molar-refractivity contribution < 1.29 is 34.2 Å². The predicted molar refractivity (Wildman–Crippen MR) is 126 cm³/mol. The summed E-state index contributed by atoms with van der Waals surface area (Å²) >= 11 is 2.54. The van der Waals surface area contributed by atoms with E-state index in [1.165, 1.54) is 52.5 Å². The number of amides is 2. The van der Waals surface area contributed by atoms with Crippen LogP contribution < -0.4 is 5.32 Å². The van der Waals surface area contributed by atoms with Crippen molar-refractivity contribution in [1.82, 2.24) is 30.4 Å². The van der Waals surface area contributed by atoms with E-state index >= 15 is 0 Å². The summed E-state index contributed by atoms with van der Waals surface area (Å²) in [5.41, 5.74) is 0.194. The van der Waals surface area contributed by atoms with Gasteiger partial charge in [0.15, 0.2) is 5.71 Å². The Balaban J connectivity index is 1.52. The van der Waals surface area contributed by atoms with Gasteiger partial charge in [-0.2, -0.15) is 0 Å². The monoisotopic (exact) mass is 533 g/mol. The van der Waals surface area contributed by atoms with Gasteiger partial charge < -0.3 is 20.4 Å². The van der Waals surface area contributed by atoms with Gasteiger partial charge in [-0.05, 0) is 28.1 Å². The molecular weight excluding hydrogens is 514 g/mol. The molecule has 2 aliphatic rings. The van der Waals surface area contributed by atoms with Gasteiger partial charge in [0.1, 0.15) is 22.9 Å². The lowest BCUT2D eigenvalue weighted by Crippen LogP contribution is -2.71. The molecule has 0 bridgehead atoms. The Kier molecular flexibility index (Phi) is 7.25. The molecule has 3 heterocycles. The fourth-order valence-corrected chi connectivity index (χ4v) is 5.82. The van der Waals surface area contributed by atoms with Crippen molar-refractivity contribution in [1.29, 1.82) is 0 Å². The van der Waals surface area contributed by atoms with Gasteiger partial charge in [0, 0.05) is 31.0 Å². The molecule has 1 aromatic heterocycles. The summed E-state index contributed by atoms with van der Waals surface area (Å²) in [6.45, 7) is 1.10. The van der Waals surface area contributed by atoms with Crippen LogP contribution in [0.4, 0.5) is 0 Å². The Hall–Kier alpha value is -3.92. The molecule has 188 valence electrons. The maximum absolute atomic E-state index is 13.0. The van der Waals surface area contributed by atoms with Crippen LogP contribution >= 0.6 is 23.5 Å². The molecule has 1 saturated heterocycles. The highest BCUT2D eigenvalue weighted by molar-refractivity contribution is 8.01. The highest BCUT2D eigenvalue weighted by Crippen LogP contribution is 2.41. The van der Waals surface area contributed by atoms with E-state index < -0.39 is 35.2 Å². The molecule has 2 aliphatic heterocycles. The smallest absolute Gasteiger partial charge is 0.352 e. The third kappa shape index (κ3) is 5.03. The van der Waals surface area contributed by atoms with Crippen LogP contribution in [0, 0.1) is 0 Å². The van der Waals surface area contributed by atoms with Crippen molar-refractivity contribution >= 4 is 53.0 Å². The number of aromatic nitrogens is 4. The third-order valence-electron chi connectivity index (χ3n) is 5.09. The predicted octanol–water partition coefficient (Wildman–Crippen LogP) is -0.286. The lowest BCUT2D eigenvalue weighted by Gasteiger charge is -2.49. The van der Waals surface area contributed by atoms with E-state index in [2.05, 4.69) is 30.8 Å². The lowest BCUT2D eigenvalue weighted by atomic mass is 10.0. The summed E-state index contributed by atoms with van der Waals surface area (Å²) in [6.07, 6.45) is 0. The summed E-state index contributed by atoms with van der Waals surface area (Å²) in [7, 11) is 1.66. The quantitative estimate of drug-likeness (QED) is 0.132. The molecule has 2 atom stereocenters. The number of phenolic OH excluding ortho intramolecular Hbond substituents is 1. The number of aryl methyl sites for hydroxylation is 1. The first-order valence-electron chi connectivity index (χ1n) is 10.3. The zero-order valence-corrected chi connectivity index (χ0v) is 20.4. The fraction of sp³-hybridized carbons (Fsp3) is 0.300. The number of thioether (sulfide) groups is 2. The Morgan fingerprint density at radius 1 is 1.36 bits per heavy atom. The molecular formula is C20H19N7O7S2. The first-order valence-corrected chi connectivity index (χ1v) is 12.3. The van der Waals surface area contributed by atoms with Crippen LogP contribution in [0.1, 0.15) is 12.5 Å². The van der Waals surface area contributed by atoms with Gasteiger partial charge in [-0.3, -0.25) is 14.5 Å². The highest BCUT2D eigenvalue weighted by Gasteiger charge is 2.54. The number of β-lactam (4-membered cyclic amide) rings is 1. The maximum atomic E-state index is 13.0. The molecule has 2 aromatic rings. The number of carboxylic acid groups (broad SMARTS) is 1. The molecule has 0 saturated carbocycles. The number of aliphatic carboxylic acids is 1. The summed E-state index contributed by atoms with van der Waals surface area (Å²) < 4.78 is 1.45. The van der Waals surface area contributed by atoms with Gasteiger partial charge in [-0.25, -0.2) is 14.3 Å². The minimum Gasteiger partial charge on any atom is -0.508 e. The average molecular weight is 534 g/mol. The second-order valence-electron chi connectivity index (χ2n) is 7.57. The number of hydrogen-bond donors (Lipinski definition) is 3. The normalized spacial score (nSPS) is 19.4. The summed E-state index contributed by atoms with van der Waals surface area (Å²) in [6, 6.07) is 4.53. The van der Waals surface area contributed by atoms with Crippen molar-refractivity contribution in [2.24, 2.45) is 12.2 Å². The largest absolute Gasteiger partial charge is 0.508 e. The van der Waals surface area contributed by atoms with Crippen LogP contribution in [0.3, 0.4) is 0 Å². The number of nitrogens with zero attached hydrogens (tertiary/aromatic N) is 6. The van der Waals surface area contributed by atoms with Gasteiger partial charge in [0.2, 0.25) is 5.16 Å². The molecule has 0 radical (unpaired) electrons. The molecule has 0 aliphatic carbocycles. The van der Waals surface area contributed by atoms with Crippen LogP contribution in [0.2, 0.25) is 0 Å². The van der Waals surface area contributed by atoms with Crippen molar-refractivity contribution in [3.63, 3.8) is 0 Å². The topological polar surface area (TPSA) is 189 Å². The number of benzene rings is 1. The van der Waals surface area contributed by atoms with E-state index in [0.29, 0.717) is 16.5 Å². The van der Waals surface area contributed by atoms with Gasteiger partial charge in [0.25, 0.3) is 11.8 Å². The minimum absolute atomic E-state index is 0.140. The number of phenols is 1. The standard InChI is InChI=1S/C20H19N7O7S2/c1-9(28)34-23-13(10-4-3-5-12(29)6-10)16(30)21-14-17(31)27-15(19(32)33)11(7-35-18(14)27)8-36-20-22-24-25-26(20)2/h3-6,14,18,29H,7-8H2,1-2H3,(H,21,30)(H,32,33)/b23-13+. The Bertz CT molecular complexity index is 1310. The van der Waals surface area contributed by atoms with E-state index in [4.69, 9.17) is 0 Å². The van der Waals surface area contributed by atoms with Crippen LogP contribution in [-0.4, -0.2) is 87.7 Å². The van der Waals surface area contributed by atoms with Gasteiger partial charge in [-0.1, -0.05) is 29.1 Å². The van der Waals surface area contributed by atoms with Crippen LogP contribution in [0.15, 0.2) is 45.8 Å². The first-order chi connectivity index (χ1) is 17.2. The van der Waals surface area contributed by atoms with E-state index in [0.717, 1.165) is 11.8 Å². The van der Waals surface area contributed by atoms with E-state index in [1.807, 2.05) is 0 Å². The van der Waals surface area contributed by atoms with Crippen molar-refractivity contribution in [2.45, 2.75) is 23.5 Å². The molecule has 2 unspecified atom stereocenters. The van der Waals surface area contributed by atoms with Crippen molar-refractivity contribution in [3.05, 3.63) is 41.1 Å². The summed E-state index contributed by atoms with van der Waals surface area (Å²) in [4.78, 5) is 55.0. The number of rotatable bonds is 8. The number of carboxylic acids is 1. The third-order valence-corrected chi connectivity index (χ3v) is 7.53. The van der Waals surface area contributed by atoms with Gasteiger partial charge in [0.05, 0.1) is 0 Å². The van der Waals surface area contributed by atoms with Gasteiger partial charge in [-0.15, -0.1) is 16.9 Å². The molecule has 1 aromatic carbocycles. The second-order valence-corrected chi connectivity index (χ2v) is 9.61. The second kappa shape index (κ2) is 10.4. The number of fused-ring (bicyclic) bond motifs is 1. The highest BCUT2D eigenvalue weighted by atomic mass is 32.2. The molecule has 3 N–H and O–H groups in total. The number of oxime groups is 1. The molecule has 1 fully saturated rings. The van der Waals surface area contributed by atoms with E-state index in [9.17, 15) is 29.4 Å². The molecule has 16 heteroatoms. The lowest BCUT2D eigenvalue weighted by molar-refractivity contribution is -0.150. The van der Waals surface area contributed by atoms with E-state index in [-0.39, 0.29) is 28.5 Å². The molecule has 14 nitrogen and oxygen atoms in total. The first kappa shape index (κ1) is 25.2. The number of carbonyl (C=O) groups is 4. The zero-order chi connectivity index (χ0) is 26.0. The fourth-order valence-electron chi connectivity index (χ4n) is 3.49. The van der Waals surface area contributed by atoms with E-state index in [1.54, 1.807) is 7.05 Å². The number of hydrogen-bond acceptors (Lipinski definition) is 12. The maximum Gasteiger partial charge on any atom is 0.352 e. The SMILES string of the molecule is CC(=O)O/N=C(/C(=O)NC1C(=O)N2C(C(=O)O)=C(CSc3nnnn3C)CSC12)c1cccc(O)c1. The van der Waals surface area contributed by atoms with Crippen molar-refractivity contribution in [3.8, 4) is 5.75 Å². The van der Waals surface area contributed by atoms with Crippen molar-refractivity contribution in [2.75, 3.05) is 11.5 Å². The van der Waals surface area contributed by atoms with Crippen LogP contribution in [0.5, 0.6) is 5.75 Å². The average Bonchev–Trinajstić information content (AvgIpc) is 3.24. The number of carbonyl (C=O) groups excluding carboxylic acids is 3. The number of nitrogens with one attached hydrogen (secondary N) is 1. The Morgan fingerprint density at radius 2 is 2.14 bits per heavy atom. The van der Waals surface area contributed by atoms with Gasteiger partial charge >= 0.3 is 11.9 Å². The number of tetrazole rings is 1. The summed E-state index contributed by atoms with van der Waals surface area (Å²) in [5.74, 6) is -3.06. The number of aromatic hydroxyl groups is 1. The molecule has 2 amide bonds. The molecule has 4 rings (SSSR count). The molecule has 36 heavy (non-hydrogen) atoms. The zero-order valence-electron chi connectivity index (χ0n) is 18.8. The van der Waals surface area contributed by atoms with Crippen LogP contribution in [-0.2, 0) is 31.1 Å². The molecule has 0 spiro atoms. The Morgan fingerprint density at radius 3 is 2.78 bits per heavy atom.